The molecule has 0 radical (unpaired) electrons. The highest BCUT2D eigenvalue weighted by Gasteiger charge is 2.44. The molecule has 2 aliphatic rings. The number of rotatable bonds is 1. The third-order valence-electron chi connectivity index (χ3n) is 4.95. The molecule has 0 aromatic carbocycles. The van der Waals surface area contributed by atoms with Crippen molar-refractivity contribution in [3.63, 3.8) is 0 Å². The van der Waals surface area contributed by atoms with Crippen molar-refractivity contribution < 1.29 is 4.42 Å². The smallest absolute Gasteiger partial charge is 0.130 e. The molecule has 17 heavy (non-hydrogen) atoms. The van der Waals surface area contributed by atoms with Gasteiger partial charge in [-0.3, -0.25) is 0 Å². The Labute approximate surface area is 103 Å². The second-order valence-corrected chi connectivity index (χ2v) is 6.04. The van der Waals surface area contributed by atoms with Crippen molar-refractivity contribution in [2.75, 3.05) is 0 Å². The van der Waals surface area contributed by atoms with Gasteiger partial charge in [-0.15, -0.1) is 0 Å². The quantitative estimate of drug-likeness (QED) is 0.722. The van der Waals surface area contributed by atoms with Crippen molar-refractivity contribution in [2.24, 2.45) is 5.41 Å². The van der Waals surface area contributed by atoms with Gasteiger partial charge in [0.1, 0.15) is 10.8 Å². The topological polar surface area (TPSA) is 13.1 Å². The monoisotopic (exact) mass is 230 g/mol. The van der Waals surface area contributed by atoms with Gasteiger partial charge in [0.15, 0.2) is 0 Å². The Morgan fingerprint density at radius 1 is 1.12 bits per heavy atom. The van der Waals surface area contributed by atoms with Crippen LogP contribution in [0.2, 0.25) is 0 Å². The van der Waals surface area contributed by atoms with Gasteiger partial charge >= 0.3 is 0 Å². The van der Waals surface area contributed by atoms with Gasteiger partial charge < -0.3 is 4.42 Å². The van der Waals surface area contributed by atoms with Gasteiger partial charge in [0, 0.05) is 0 Å². The van der Waals surface area contributed by atoms with Crippen LogP contribution in [0, 0.1) is 19.3 Å². The van der Waals surface area contributed by atoms with E-state index in [9.17, 15) is 0 Å². The van der Waals surface area contributed by atoms with Gasteiger partial charge in [-0.25, -0.2) is 0 Å². The second kappa shape index (κ2) is 3.51. The van der Waals surface area contributed by atoms with Crippen molar-refractivity contribution >= 4 is 11.1 Å². The molecule has 92 valence electrons. The summed E-state index contributed by atoms with van der Waals surface area (Å²) in [6, 6.07) is 0. The zero-order valence-electron chi connectivity index (χ0n) is 11.4. The molecule has 0 spiro atoms. The summed E-state index contributed by atoms with van der Waals surface area (Å²) in [5.74, 6) is 0. The van der Waals surface area contributed by atoms with E-state index in [0.717, 1.165) is 0 Å². The van der Waals surface area contributed by atoms with Crippen molar-refractivity contribution in [3.05, 3.63) is 22.0 Å². The van der Waals surface area contributed by atoms with E-state index in [0.29, 0.717) is 5.41 Å². The van der Waals surface area contributed by atoms with Crippen LogP contribution >= 0.6 is 0 Å². The average molecular weight is 230 g/mol. The molecule has 1 aromatic rings. The lowest BCUT2D eigenvalue weighted by Gasteiger charge is -2.14. The van der Waals surface area contributed by atoms with Crippen LogP contribution in [0.3, 0.4) is 0 Å². The first-order chi connectivity index (χ1) is 8.07. The largest absolute Gasteiger partial charge is 0.457 e. The Morgan fingerprint density at radius 2 is 1.76 bits per heavy atom. The van der Waals surface area contributed by atoms with E-state index in [1.54, 1.807) is 5.57 Å². The molecule has 2 aliphatic carbocycles. The Kier molecular flexibility index (Phi) is 2.30. The molecule has 1 unspecified atom stereocenters. The molecule has 0 saturated heterocycles. The van der Waals surface area contributed by atoms with Crippen molar-refractivity contribution in [1.29, 1.82) is 0 Å². The van der Waals surface area contributed by atoms with Crippen LogP contribution in [0.4, 0.5) is 0 Å². The van der Waals surface area contributed by atoms with Crippen LogP contribution in [0.25, 0.3) is 11.1 Å². The first-order valence-corrected chi connectivity index (χ1v) is 6.88. The Bertz CT molecular complexity index is 582. The maximum atomic E-state index is 6.20. The Balaban J connectivity index is 2.22. The van der Waals surface area contributed by atoms with Crippen LogP contribution in [0.5, 0.6) is 0 Å². The highest BCUT2D eigenvalue weighted by Crippen LogP contribution is 2.55. The molecular weight excluding hydrogens is 208 g/mol. The molecule has 2 fully saturated rings. The number of hydrogen-bond acceptors (Lipinski definition) is 1. The second-order valence-electron chi connectivity index (χ2n) is 6.04. The molecule has 0 aliphatic heterocycles. The van der Waals surface area contributed by atoms with Gasteiger partial charge in [0.2, 0.25) is 0 Å². The molecule has 0 amide bonds. The molecule has 0 bridgehead atoms. The zero-order valence-corrected chi connectivity index (χ0v) is 11.4. The molecule has 0 N–H and O–H groups in total. The lowest BCUT2D eigenvalue weighted by Crippen LogP contribution is -2.13. The normalized spacial score (nSPS) is 30.5. The van der Waals surface area contributed by atoms with Crippen LogP contribution in [-0.2, 0) is 0 Å². The summed E-state index contributed by atoms with van der Waals surface area (Å²) in [6.07, 6.45) is 6.29. The minimum absolute atomic E-state index is 0.427. The van der Waals surface area contributed by atoms with E-state index >= 15 is 0 Å². The van der Waals surface area contributed by atoms with E-state index in [-0.39, 0.29) is 0 Å². The van der Waals surface area contributed by atoms with E-state index < -0.39 is 0 Å². The fourth-order valence-corrected chi connectivity index (χ4v) is 2.84. The van der Waals surface area contributed by atoms with Gasteiger partial charge in [-0.2, -0.15) is 0 Å². The maximum absolute atomic E-state index is 6.20. The summed E-state index contributed by atoms with van der Waals surface area (Å²) < 4.78 is 6.20. The predicted octanol–water partition coefficient (Wildman–Crippen LogP) is 3.20. The zero-order chi connectivity index (χ0) is 12.2. The van der Waals surface area contributed by atoms with Gasteiger partial charge in [-0.05, 0) is 73.6 Å². The molecule has 3 rings (SSSR count). The van der Waals surface area contributed by atoms with Crippen molar-refractivity contribution in [3.8, 4) is 0 Å². The summed E-state index contributed by atoms with van der Waals surface area (Å²) in [5.41, 5.74) is 8.70. The van der Waals surface area contributed by atoms with Crippen LogP contribution < -0.4 is 10.8 Å². The van der Waals surface area contributed by atoms with E-state index in [1.807, 2.05) is 0 Å². The van der Waals surface area contributed by atoms with E-state index in [1.165, 1.54) is 59.6 Å². The average Bonchev–Trinajstić information content (AvgIpc) is 2.84. The fourth-order valence-electron chi connectivity index (χ4n) is 2.84. The lowest BCUT2D eigenvalue weighted by atomic mass is 9.91. The number of hydrogen-bond donors (Lipinski definition) is 0. The van der Waals surface area contributed by atoms with Crippen LogP contribution in [0.15, 0.2) is 4.42 Å². The van der Waals surface area contributed by atoms with Gasteiger partial charge in [0.05, 0.1) is 0 Å². The minimum atomic E-state index is 0.427. The molecule has 2 saturated carbocycles. The SMILES string of the molecule is CCC1(C)C/C1=c1\oc(=C2CCC2)c(C)c1C. The highest BCUT2D eigenvalue weighted by molar-refractivity contribution is 5.67. The fraction of sp³-hybridized carbons (Fsp3) is 0.625. The summed E-state index contributed by atoms with van der Waals surface area (Å²) in [4.78, 5) is 0. The molecule has 1 nitrogen and oxygen atoms in total. The predicted molar refractivity (Wildman–Crippen MR) is 71.1 cm³/mol. The van der Waals surface area contributed by atoms with E-state index in [4.69, 9.17) is 4.42 Å². The van der Waals surface area contributed by atoms with Crippen molar-refractivity contribution in [1.82, 2.24) is 0 Å². The standard InChI is InChI=1S/C16H22O/c1-5-16(4)9-13(16)15-11(3)10(2)14(17-15)12-7-6-8-12/h5-9H2,1-4H3/b15-13+. The summed E-state index contributed by atoms with van der Waals surface area (Å²) in [5, 5.41) is 0. The first-order valence-electron chi connectivity index (χ1n) is 6.88. The molecule has 1 aromatic heterocycles. The maximum Gasteiger partial charge on any atom is 0.130 e. The third-order valence-corrected chi connectivity index (χ3v) is 4.95. The summed E-state index contributed by atoms with van der Waals surface area (Å²) >= 11 is 0. The highest BCUT2D eigenvalue weighted by atomic mass is 16.3. The summed E-state index contributed by atoms with van der Waals surface area (Å²) in [7, 11) is 0. The molecular formula is C16H22O. The first kappa shape index (κ1) is 11.1. The Hall–Kier alpha value is -0.980. The van der Waals surface area contributed by atoms with Crippen molar-refractivity contribution in [2.45, 2.75) is 59.8 Å². The van der Waals surface area contributed by atoms with Crippen LogP contribution in [0.1, 0.15) is 57.1 Å². The van der Waals surface area contributed by atoms with Crippen LogP contribution in [-0.4, -0.2) is 0 Å². The molecule has 1 heterocycles. The van der Waals surface area contributed by atoms with E-state index in [2.05, 4.69) is 27.7 Å². The lowest BCUT2D eigenvalue weighted by molar-refractivity contribution is 0.481. The molecule has 1 atom stereocenters. The molecule has 1 heteroatoms. The number of furan rings is 1. The minimum Gasteiger partial charge on any atom is -0.457 e. The Morgan fingerprint density at radius 3 is 2.24 bits per heavy atom. The van der Waals surface area contributed by atoms with Gasteiger partial charge in [0.25, 0.3) is 0 Å². The third kappa shape index (κ3) is 1.51. The van der Waals surface area contributed by atoms with Gasteiger partial charge in [-0.1, -0.05) is 13.8 Å². The summed E-state index contributed by atoms with van der Waals surface area (Å²) in [6.45, 7) is 9.07.